The molecular weight excluding hydrogens is 436 g/mol. The molecule has 0 atom stereocenters. The first-order valence-electron chi connectivity index (χ1n) is 10.6. The normalized spacial score (nSPS) is 12.6. The van der Waals surface area contributed by atoms with Crippen molar-refractivity contribution >= 4 is 33.8 Å². The first-order chi connectivity index (χ1) is 16.2. The molecule has 1 aliphatic rings. The van der Waals surface area contributed by atoms with Crippen LogP contribution in [0, 0.1) is 6.92 Å². The average molecular weight is 457 g/mol. The van der Waals surface area contributed by atoms with E-state index in [1.807, 2.05) is 48.5 Å². The average Bonchev–Trinajstić information content (AvgIpc) is 3.44. The summed E-state index contributed by atoms with van der Waals surface area (Å²) in [4.78, 5) is 18.5. The van der Waals surface area contributed by atoms with Gasteiger partial charge in [-0.3, -0.25) is 9.36 Å². The highest BCUT2D eigenvalue weighted by Gasteiger charge is 2.19. The Kier molecular flexibility index (Phi) is 4.84. The Bertz CT molecular complexity index is 1570. The van der Waals surface area contributed by atoms with Crippen molar-refractivity contribution < 1.29 is 13.9 Å². The van der Waals surface area contributed by atoms with E-state index in [9.17, 15) is 4.79 Å². The summed E-state index contributed by atoms with van der Waals surface area (Å²) in [6.07, 6.45) is 0. The number of para-hydroxylation sites is 1. The standard InChI is InChI=1S/C26H20N2O4S/c1-16-5-4-6-18(11-16)14-33-26-27-23-19-7-2-3-8-20(19)32-24(23)25(29)28(26)13-17-9-10-21-22(12-17)31-15-30-21/h2-12H,13-15H2,1H3. The van der Waals surface area contributed by atoms with E-state index in [1.54, 1.807) is 16.3 Å². The van der Waals surface area contributed by atoms with Gasteiger partial charge in [0, 0.05) is 11.1 Å². The van der Waals surface area contributed by atoms with E-state index >= 15 is 0 Å². The minimum atomic E-state index is -0.194. The van der Waals surface area contributed by atoms with Gasteiger partial charge in [-0.25, -0.2) is 4.98 Å². The van der Waals surface area contributed by atoms with Gasteiger partial charge in [0.1, 0.15) is 11.1 Å². The third-order valence-corrected chi connectivity index (χ3v) is 6.72. The monoisotopic (exact) mass is 456 g/mol. The summed E-state index contributed by atoms with van der Waals surface area (Å²) in [7, 11) is 0. The van der Waals surface area contributed by atoms with Gasteiger partial charge in [0.2, 0.25) is 12.4 Å². The first-order valence-corrected chi connectivity index (χ1v) is 11.6. The van der Waals surface area contributed by atoms with Gasteiger partial charge in [-0.1, -0.05) is 59.8 Å². The molecule has 0 aliphatic carbocycles. The number of rotatable bonds is 5. The number of furan rings is 1. The highest BCUT2D eigenvalue weighted by molar-refractivity contribution is 7.98. The van der Waals surface area contributed by atoms with Crippen LogP contribution in [0.1, 0.15) is 16.7 Å². The minimum absolute atomic E-state index is 0.194. The lowest BCUT2D eigenvalue weighted by atomic mass is 10.2. The summed E-state index contributed by atoms with van der Waals surface area (Å²) < 4.78 is 18.5. The molecule has 1 aliphatic heterocycles. The molecule has 0 radical (unpaired) electrons. The molecular formula is C26H20N2O4S. The molecule has 0 saturated carbocycles. The van der Waals surface area contributed by atoms with Crippen LogP contribution in [0.15, 0.2) is 81.1 Å². The predicted octanol–water partition coefficient (Wildman–Crippen LogP) is 5.52. The van der Waals surface area contributed by atoms with E-state index in [0.717, 1.165) is 10.9 Å². The fourth-order valence-corrected chi connectivity index (χ4v) is 5.01. The number of aromatic nitrogens is 2. The Morgan fingerprint density at radius 1 is 0.970 bits per heavy atom. The highest BCUT2D eigenvalue weighted by Crippen LogP contribution is 2.33. The predicted molar refractivity (Wildman–Crippen MR) is 128 cm³/mol. The molecule has 0 fully saturated rings. The lowest BCUT2D eigenvalue weighted by Crippen LogP contribution is -2.23. The summed E-state index contributed by atoms with van der Waals surface area (Å²) >= 11 is 1.55. The molecule has 2 aromatic heterocycles. The fourth-order valence-electron chi connectivity index (χ4n) is 4.07. The van der Waals surface area contributed by atoms with Gasteiger partial charge in [0.05, 0.1) is 6.54 Å². The van der Waals surface area contributed by atoms with E-state index in [4.69, 9.17) is 18.9 Å². The second kappa shape index (κ2) is 8.01. The molecule has 5 aromatic rings. The van der Waals surface area contributed by atoms with Crippen molar-refractivity contribution in [2.45, 2.75) is 24.4 Å². The molecule has 6 nitrogen and oxygen atoms in total. The van der Waals surface area contributed by atoms with E-state index < -0.39 is 0 Å². The molecule has 7 heteroatoms. The Balaban J connectivity index is 1.46. The van der Waals surface area contributed by atoms with Gasteiger partial charge in [-0.2, -0.15) is 0 Å². The van der Waals surface area contributed by atoms with Gasteiger partial charge in [0.25, 0.3) is 5.56 Å². The van der Waals surface area contributed by atoms with Crippen LogP contribution < -0.4 is 15.0 Å². The molecule has 0 N–H and O–H groups in total. The largest absolute Gasteiger partial charge is 0.454 e. The van der Waals surface area contributed by atoms with Crippen molar-refractivity contribution in [2.75, 3.05) is 6.79 Å². The van der Waals surface area contributed by atoms with Crippen LogP contribution in [0.4, 0.5) is 0 Å². The maximum Gasteiger partial charge on any atom is 0.298 e. The number of aryl methyl sites for hydroxylation is 1. The van der Waals surface area contributed by atoms with Crippen molar-refractivity contribution in [1.82, 2.24) is 9.55 Å². The van der Waals surface area contributed by atoms with Crippen molar-refractivity contribution in [3.63, 3.8) is 0 Å². The molecule has 0 saturated heterocycles. The van der Waals surface area contributed by atoms with Gasteiger partial charge in [0.15, 0.2) is 16.7 Å². The Hall–Kier alpha value is -3.71. The number of hydrogen-bond acceptors (Lipinski definition) is 6. The zero-order valence-corrected chi connectivity index (χ0v) is 18.7. The maximum atomic E-state index is 13.6. The second-order valence-corrected chi connectivity index (χ2v) is 8.97. The number of benzene rings is 3. The van der Waals surface area contributed by atoms with Crippen LogP contribution >= 0.6 is 11.8 Å². The molecule has 3 heterocycles. The van der Waals surface area contributed by atoms with Gasteiger partial charge in [-0.05, 0) is 42.3 Å². The second-order valence-electron chi connectivity index (χ2n) is 8.03. The van der Waals surface area contributed by atoms with Crippen LogP contribution in [0.2, 0.25) is 0 Å². The van der Waals surface area contributed by atoms with Gasteiger partial charge < -0.3 is 13.9 Å². The first kappa shape index (κ1) is 19.9. The number of hydrogen-bond donors (Lipinski definition) is 0. The number of thioether (sulfide) groups is 1. The lowest BCUT2D eigenvalue weighted by molar-refractivity contribution is 0.174. The highest BCUT2D eigenvalue weighted by atomic mass is 32.2. The van der Waals surface area contributed by atoms with Crippen LogP contribution in [0.5, 0.6) is 11.5 Å². The molecule has 33 heavy (non-hydrogen) atoms. The van der Waals surface area contributed by atoms with E-state index in [2.05, 4.69) is 25.1 Å². The summed E-state index contributed by atoms with van der Waals surface area (Å²) in [5.74, 6) is 2.11. The maximum absolute atomic E-state index is 13.6. The summed E-state index contributed by atoms with van der Waals surface area (Å²) in [5.41, 5.74) is 4.65. The van der Waals surface area contributed by atoms with Crippen LogP contribution in [-0.2, 0) is 12.3 Å². The Labute approximate surface area is 193 Å². The molecule has 0 unspecified atom stereocenters. The number of fused-ring (bicyclic) bond motifs is 4. The zero-order chi connectivity index (χ0) is 22.4. The van der Waals surface area contributed by atoms with E-state index in [0.29, 0.717) is 40.1 Å². The Morgan fingerprint density at radius 2 is 1.85 bits per heavy atom. The smallest absolute Gasteiger partial charge is 0.298 e. The van der Waals surface area contributed by atoms with Crippen LogP contribution in [0.25, 0.3) is 22.1 Å². The van der Waals surface area contributed by atoms with Crippen molar-refractivity contribution in [1.29, 1.82) is 0 Å². The molecule has 0 bridgehead atoms. The Morgan fingerprint density at radius 3 is 2.76 bits per heavy atom. The summed E-state index contributed by atoms with van der Waals surface area (Å²) in [6.45, 7) is 2.64. The lowest BCUT2D eigenvalue weighted by Gasteiger charge is -2.12. The quantitative estimate of drug-likeness (QED) is 0.256. The van der Waals surface area contributed by atoms with Gasteiger partial charge >= 0.3 is 0 Å². The van der Waals surface area contributed by atoms with E-state index in [-0.39, 0.29) is 17.9 Å². The summed E-state index contributed by atoms with van der Waals surface area (Å²) in [5, 5.41) is 1.50. The SMILES string of the molecule is Cc1cccc(CSc2nc3c(oc4ccccc43)c(=O)n2Cc2ccc3c(c2)OCO3)c1. The van der Waals surface area contributed by atoms with Crippen molar-refractivity contribution in [3.05, 3.63) is 93.8 Å². The van der Waals surface area contributed by atoms with Crippen LogP contribution in [-0.4, -0.2) is 16.3 Å². The van der Waals surface area contributed by atoms with Crippen molar-refractivity contribution in [2.24, 2.45) is 0 Å². The van der Waals surface area contributed by atoms with Crippen molar-refractivity contribution in [3.8, 4) is 11.5 Å². The molecule has 3 aromatic carbocycles. The molecule has 164 valence electrons. The van der Waals surface area contributed by atoms with Gasteiger partial charge in [-0.15, -0.1) is 0 Å². The molecule has 0 spiro atoms. The zero-order valence-electron chi connectivity index (χ0n) is 17.9. The molecule has 6 rings (SSSR count). The number of nitrogens with zero attached hydrogens (tertiary/aromatic N) is 2. The van der Waals surface area contributed by atoms with E-state index in [1.165, 1.54) is 11.1 Å². The summed E-state index contributed by atoms with van der Waals surface area (Å²) in [6, 6.07) is 21.7. The third kappa shape index (κ3) is 3.64. The van der Waals surface area contributed by atoms with Crippen LogP contribution in [0.3, 0.4) is 0 Å². The minimum Gasteiger partial charge on any atom is -0.454 e. The number of ether oxygens (including phenoxy) is 2. The fraction of sp³-hybridized carbons (Fsp3) is 0.154. The third-order valence-electron chi connectivity index (χ3n) is 5.68. The topological polar surface area (TPSA) is 66.5 Å². The molecule has 0 amide bonds.